The van der Waals surface area contributed by atoms with Crippen molar-refractivity contribution in [3.05, 3.63) is 22.7 Å². The number of aromatic nitrogens is 2. The maximum absolute atomic E-state index is 4.67. The molecule has 0 saturated carbocycles. The summed E-state index contributed by atoms with van der Waals surface area (Å²) in [5, 5.41) is 11.0. The highest BCUT2D eigenvalue weighted by molar-refractivity contribution is 7.79. The molecule has 0 saturated heterocycles. The van der Waals surface area contributed by atoms with E-state index in [-0.39, 0.29) is 0 Å². The summed E-state index contributed by atoms with van der Waals surface area (Å²) in [6.45, 7) is 3.59. The summed E-state index contributed by atoms with van der Waals surface area (Å²) in [6.07, 6.45) is 2.58. The maximum atomic E-state index is 4.67. The second-order valence-corrected chi connectivity index (χ2v) is 2.97. The Hall–Kier alpha value is -0.610. The molecule has 0 aliphatic carbocycles. The highest BCUT2D eigenvalue weighted by Crippen LogP contribution is 2.07. The van der Waals surface area contributed by atoms with Crippen molar-refractivity contribution in [1.82, 2.24) is 10.2 Å². The van der Waals surface area contributed by atoms with Crippen LogP contribution in [-0.2, 0) is 6.42 Å². The van der Waals surface area contributed by atoms with Crippen LogP contribution >= 0.6 is 23.6 Å². The highest BCUT2D eigenvalue weighted by Gasteiger charge is 1.97. The van der Waals surface area contributed by atoms with E-state index in [0.717, 1.165) is 16.4 Å². The average Bonchev–Trinajstić information content (AvgIpc) is 2.37. The Morgan fingerprint density at radius 2 is 2.40 bits per heavy atom. The molecule has 0 aliphatic heterocycles. The Labute approximate surface area is 68.6 Å². The van der Waals surface area contributed by atoms with E-state index in [1.807, 2.05) is 0 Å². The van der Waals surface area contributed by atoms with Gasteiger partial charge in [-0.15, -0.1) is 16.8 Å². The molecule has 0 fully saturated rings. The van der Waals surface area contributed by atoms with E-state index in [4.69, 9.17) is 0 Å². The van der Waals surface area contributed by atoms with Crippen LogP contribution < -0.4 is 0 Å². The molecule has 0 N–H and O–H groups in total. The van der Waals surface area contributed by atoms with Gasteiger partial charge in [-0.3, -0.25) is 0 Å². The van der Waals surface area contributed by atoms with Crippen molar-refractivity contribution < 1.29 is 0 Å². The number of thiocarbonyl (C=S) groups is 1. The third kappa shape index (κ3) is 1.68. The monoisotopic (exact) mass is 170 g/mol. The predicted molar refractivity (Wildman–Crippen MR) is 46.6 cm³/mol. The molecule has 0 spiro atoms. The molecule has 4 heteroatoms. The van der Waals surface area contributed by atoms with Crippen molar-refractivity contribution in [2.24, 2.45) is 0 Å². The van der Waals surface area contributed by atoms with E-state index in [0.29, 0.717) is 0 Å². The van der Waals surface area contributed by atoms with Crippen LogP contribution in [0.15, 0.2) is 12.7 Å². The lowest BCUT2D eigenvalue weighted by Gasteiger charge is -1.78. The zero-order chi connectivity index (χ0) is 7.40. The fourth-order valence-electron chi connectivity index (χ4n) is 0.520. The molecular weight excluding hydrogens is 164 g/mol. The van der Waals surface area contributed by atoms with E-state index < -0.39 is 0 Å². The number of rotatable bonds is 3. The SMILES string of the molecule is C=CCc1nnc(C=S)s1. The zero-order valence-corrected chi connectivity index (χ0v) is 6.91. The summed E-state index contributed by atoms with van der Waals surface area (Å²) in [5.74, 6) is 0. The van der Waals surface area contributed by atoms with Gasteiger partial charge in [0.05, 0.1) is 0 Å². The molecule has 1 aromatic rings. The lowest BCUT2D eigenvalue weighted by Crippen LogP contribution is -1.77. The van der Waals surface area contributed by atoms with E-state index in [2.05, 4.69) is 29.0 Å². The van der Waals surface area contributed by atoms with E-state index >= 15 is 0 Å². The molecule has 0 radical (unpaired) electrons. The average molecular weight is 170 g/mol. The normalized spacial score (nSPS) is 9.20. The van der Waals surface area contributed by atoms with Crippen molar-refractivity contribution in [2.75, 3.05) is 0 Å². The number of allylic oxidation sites excluding steroid dienone is 1. The molecule has 0 aliphatic rings. The van der Waals surface area contributed by atoms with Crippen LogP contribution in [0.5, 0.6) is 0 Å². The fourth-order valence-corrected chi connectivity index (χ4v) is 1.37. The summed E-state index contributed by atoms with van der Waals surface area (Å²) in [7, 11) is 0. The van der Waals surface area contributed by atoms with Gasteiger partial charge in [-0.1, -0.05) is 29.6 Å². The second kappa shape index (κ2) is 3.53. The van der Waals surface area contributed by atoms with Gasteiger partial charge in [0.1, 0.15) is 5.01 Å². The van der Waals surface area contributed by atoms with Gasteiger partial charge in [0.2, 0.25) is 0 Å². The van der Waals surface area contributed by atoms with Crippen LogP contribution in [0.1, 0.15) is 10.0 Å². The molecule has 0 atom stereocenters. The maximum Gasteiger partial charge on any atom is 0.151 e. The molecule has 1 rings (SSSR count). The van der Waals surface area contributed by atoms with Gasteiger partial charge < -0.3 is 0 Å². The van der Waals surface area contributed by atoms with Crippen LogP contribution in [-0.4, -0.2) is 15.6 Å². The van der Waals surface area contributed by atoms with Crippen LogP contribution in [0.2, 0.25) is 0 Å². The first kappa shape index (κ1) is 7.50. The Kier molecular flexibility index (Phi) is 2.65. The summed E-state index contributed by atoms with van der Waals surface area (Å²) in [6, 6.07) is 0. The van der Waals surface area contributed by atoms with Crippen LogP contribution in [0, 0.1) is 0 Å². The minimum atomic E-state index is 0.779. The van der Waals surface area contributed by atoms with Gasteiger partial charge >= 0.3 is 0 Å². The van der Waals surface area contributed by atoms with Gasteiger partial charge in [-0.05, 0) is 0 Å². The van der Waals surface area contributed by atoms with E-state index in [1.165, 1.54) is 16.7 Å². The molecular formula is C6H6N2S2. The molecule has 2 nitrogen and oxygen atoms in total. The number of hydrogen-bond acceptors (Lipinski definition) is 4. The Morgan fingerprint density at radius 3 is 2.90 bits per heavy atom. The molecule has 0 amide bonds. The second-order valence-electron chi connectivity index (χ2n) is 1.64. The first-order valence-electron chi connectivity index (χ1n) is 2.75. The summed E-state index contributed by atoms with van der Waals surface area (Å²) >= 11 is 6.18. The third-order valence-corrected chi connectivity index (χ3v) is 2.17. The van der Waals surface area contributed by atoms with Gasteiger partial charge in [-0.2, -0.15) is 0 Å². The van der Waals surface area contributed by atoms with Crippen molar-refractivity contribution in [3.8, 4) is 0 Å². The molecule has 1 heterocycles. The number of hydrogen-bond donors (Lipinski definition) is 0. The summed E-state index contributed by atoms with van der Waals surface area (Å²) in [5.41, 5.74) is 0. The van der Waals surface area contributed by atoms with Crippen molar-refractivity contribution in [3.63, 3.8) is 0 Å². The molecule has 0 aromatic carbocycles. The predicted octanol–water partition coefficient (Wildman–Crippen LogP) is 1.61. The summed E-state index contributed by atoms with van der Waals surface area (Å²) in [4.78, 5) is 0. The third-order valence-electron chi connectivity index (χ3n) is 0.902. The van der Waals surface area contributed by atoms with Gasteiger partial charge in [0, 0.05) is 11.8 Å². The first-order valence-corrected chi connectivity index (χ1v) is 4.04. The van der Waals surface area contributed by atoms with Crippen molar-refractivity contribution in [2.45, 2.75) is 6.42 Å². The Balaban J connectivity index is 2.77. The topological polar surface area (TPSA) is 25.8 Å². The molecule has 52 valence electrons. The molecule has 10 heavy (non-hydrogen) atoms. The van der Waals surface area contributed by atoms with Crippen LogP contribution in [0.25, 0.3) is 0 Å². The Morgan fingerprint density at radius 1 is 1.60 bits per heavy atom. The van der Waals surface area contributed by atoms with Gasteiger partial charge in [0.25, 0.3) is 0 Å². The van der Waals surface area contributed by atoms with E-state index in [9.17, 15) is 0 Å². The quantitative estimate of drug-likeness (QED) is 0.509. The standard InChI is InChI=1S/C6H6N2S2/c1-2-3-5-7-8-6(4-9)10-5/h2,4H,1,3H2. The first-order chi connectivity index (χ1) is 4.86. The molecule has 0 bridgehead atoms. The van der Waals surface area contributed by atoms with E-state index in [1.54, 1.807) is 6.08 Å². The van der Waals surface area contributed by atoms with Crippen LogP contribution in [0.3, 0.4) is 0 Å². The molecule has 1 aromatic heterocycles. The smallest absolute Gasteiger partial charge is 0.143 e. The highest BCUT2D eigenvalue weighted by atomic mass is 32.1. The zero-order valence-electron chi connectivity index (χ0n) is 5.28. The van der Waals surface area contributed by atoms with Gasteiger partial charge in [0.15, 0.2) is 5.01 Å². The Bertz CT molecular complexity index is 242. The molecule has 0 unspecified atom stereocenters. The lowest BCUT2D eigenvalue weighted by atomic mass is 10.5. The van der Waals surface area contributed by atoms with Gasteiger partial charge in [-0.25, -0.2) is 0 Å². The largest absolute Gasteiger partial charge is 0.151 e. The lowest BCUT2D eigenvalue weighted by molar-refractivity contribution is 1.01. The van der Waals surface area contributed by atoms with Crippen molar-refractivity contribution in [1.29, 1.82) is 0 Å². The number of nitrogens with zero attached hydrogens (tertiary/aromatic N) is 2. The fraction of sp³-hybridized carbons (Fsp3) is 0.167. The minimum absolute atomic E-state index is 0.779. The van der Waals surface area contributed by atoms with Crippen molar-refractivity contribution >= 4 is 28.9 Å². The minimum Gasteiger partial charge on any atom is -0.143 e. The van der Waals surface area contributed by atoms with Crippen LogP contribution in [0.4, 0.5) is 0 Å². The summed E-state index contributed by atoms with van der Waals surface area (Å²) < 4.78 is 0.